The van der Waals surface area contributed by atoms with Gasteiger partial charge in [0.25, 0.3) is 11.6 Å². The fourth-order valence-corrected chi connectivity index (χ4v) is 3.37. The lowest BCUT2D eigenvalue weighted by Gasteiger charge is -2.18. The summed E-state index contributed by atoms with van der Waals surface area (Å²) in [5.74, 6) is 0.0860. The molecule has 0 bridgehead atoms. The number of carbonyl (C=O) groups excluding carboxylic acids is 1. The zero-order valence-electron chi connectivity index (χ0n) is 15.9. The van der Waals surface area contributed by atoms with Crippen molar-refractivity contribution < 1.29 is 9.72 Å². The van der Waals surface area contributed by atoms with Crippen molar-refractivity contribution >= 4 is 40.8 Å². The number of nitro benzene ring substituents is 1. The van der Waals surface area contributed by atoms with Crippen LogP contribution in [0.25, 0.3) is 6.08 Å². The standard InChI is InChI=1S/C23H16ClN3O3/c1-15-5-4-7-17(13-15)22-25-20(14-16-6-2-3-8-21(16)27(29)30)23(28)26(22)19-11-9-18(24)10-12-19/h2-14H,1H3/b20-14+. The second-order valence-corrected chi connectivity index (χ2v) is 7.20. The Balaban J connectivity index is 1.86. The van der Waals surface area contributed by atoms with Crippen LogP contribution < -0.4 is 4.90 Å². The Morgan fingerprint density at radius 3 is 2.47 bits per heavy atom. The maximum Gasteiger partial charge on any atom is 0.282 e. The van der Waals surface area contributed by atoms with Crippen LogP contribution in [0.2, 0.25) is 5.02 Å². The number of benzene rings is 3. The van der Waals surface area contributed by atoms with Crippen molar-refractivity contribution in [2.75, 3.05) is 4.90 Å². The van der Waals surface area contributed by atoms with Gasteiger partial charge in [-0.1, -0.05) is 47.5 Å². The first-order chi connectivity index (χ1) is 14.4. The molecule has 0 saturated carbocycles. The minimum atomic E-state index is -0.478. The molecule has 6 nitrogen and oxygen atoms in total. The Hall–Kier alpha value is -3.77. The molecule has 1 amide bonds. The molecule has 0 spiro atoms. The highest BCUT2D eigenvalue weighted by molar-refractivity contribution is 6.34. The molecule has 7 heteroatoms. The third-order valence-corrected chi connectivity index (χ3v) is 4.90. The molecule has 3 aromatic rings. The Labute approximate surface area is 177 Å². The third kappa shape index (κ3) is 3.73. The molecule has 0 aliphatic carbocycles. The zero-order chi connectivity index (χ0) is 21.3. The fraction of sp³-hybridized carbons (Fsp3) is 0.0435. The van der Waals surface area contributed by atoms with Crippen molar-refractivity contribution in [3.8, 4) is 0 Å². The summed E-state index contributed by atoms with van der Waals surface area (Å²) in [6, 6.07) is 20.8. The molecule has 0 N–H and O–H groups in total. The van der Waals surface area contributed by atoms with Crippen LogP contribution in [0.15, 0.2) is 83.5 Å². The Morgan fingerprint density at radius 2 is 1.77 bits per heavy atom. The van der Waals surface area contributed by atoms with Gasteiger partial charge in [-0.25, -0.2) is 4.99 Å². The number of nitro groups is 1. The molecule has 3 aromatic carbocycles. The molecule has 148 valence electrons. The second kappa shape index (κ2) is 7.93. The summed E-state index contributed by atoms with van der Waals surface area (Å²) in [6.45, 7) is 1.96. The molecule has 1 aliphatic heterocycles. The molecular weight excluding hydrogens is 402 g/mol. The van der Waals surface area contributed by atoms with Crippen molar-refractivity contribution in [1.82, 2.24) is 0 Å². The van der Waals surface area contributed by atoms with Gasteiger partial charge in [-0.15, -0.1) is 0 Å². The zero-order valence-corrected chi connectivity index (χ0v) is 16.7. The highest BCUT2D eigenvalue weighted by Gasteiger charge is 2.33. The highest BCUT2D eigenvalue weighted by atomic mass is 35.5. The van der Waals surface area contributed by atoms with Crippen molar-refractivity contribution in [2.24, 2.45) is 4.99 Å². The van der Waals surface area contributed by atoms with E-state index in [2.05, 4.69) is 4.99 Å². The van der Waals surface area contributed by atoms with Gasteiger partial charge in [0.05, 0.1) is 16.2 Å². The fourth-order valence-electron chi connectivity index (χ4n) is 3.25. The van der Waals surface area contributed by atoms with Gasteiger partial charge in [-0.2, -0.15) is 0 Å². The van der Waals surface area contributed by atoms with E-state index in [0.29, 0.717) is 22.1 Å². The number of hydrogen-bond acceptors (Lipinski definition) is 4. The number of anilines is 1. The predicted octanol–water partition coefficient (Wildman–Crippen LogP) is 5.39. The van der Waals surface area contributed by atoms with Crippen molar-refractivity contribution in [3.63, 3.8) is 0 Å². The average molecular weight is 418 g/mol. The van der Waals surface area contributed by atoms with E-state index in [1.54, 1.807) is 42.5 Å². The largest absolute Gasteiger partial charge is 0.282 e. The molecule has 0 aromatic heterocycles. The normalized spacial score (nSPS) is 14.9. The van der Waals surface area contributed by atoms with Crippen LogP contribution in [0.4, 0.5) is 11.4 Å². The van der Waals surface area contributed by atoms with Crippen LogP contribution in [0, 0.1) is 17.0 Å². The van der Waals surface area contributed by atoms with E-state index in [1.807, 2.05) is 31.2 Å². The number of nitrogens with zero attached hydrogens (tertiary/aromatic N) is 3. The lowest BCUT2D eigenvalue weighted by molar-refractivity contribution is -0.385. The molecule has 0 radical (unpaired) electrons. The van der Waals surface area contributed by atoms with Crippen molar-refractivity contribution in [2.45, 2.75) is 6.92 Å². The minimum Gasteiger partial charge on any atom is -0.266 e. The van der Waals surface area contributed by atoms with Crippen LogP contribution in [0.1, 0.15) is 16.7 Å². The van der Waals surface area contributed by atoms with Gasteiger partial charge in [-0.3, -0.25) is 19.8 Å². The lowest BCUT2D eigenvalue weighted by atomic mass is 10.1. The number of carbonyl (C=O) groups is 1. The Morgan fingerprint density at radius 1 is 1.03 bits per heavy atom. The van der Waals surface area contributed by atoms with Crippen molar-refractivity contribution in [3.05, 3.63) is 110 Å². The molecule has 30 heavy (non-hydrogen) atoms. The van der Waals surface area contributed by atoms with Gasteiger partial charge in [0, 0.05) is 16.7 Å². The summed E-state index contributed by atoms with van der Waals surface area (Å²) >= 11 is 6.00. The van der Waals surface area contributed by atoms with Gasteiger partial charge >= 0.3 is 0 Å². The first-order valence-corrected chi connectivity index (χ1v) is 9.53. The smallest absolute Gasteiger partial charge is 0.266 e. The predicted molar refractivity (Wildman–Crippen MR) is 118 cm³/mol. The Bertz CT molecular complexity index is 1220. The summed E-state index contributed by atoms with van der Waals surface area (Å²) in [7, 11) is 0. The summed E-state index contributed by atoms with van der Waals surface area (Å²) < 4.78 is 0. The summed E-state index contributed by atoms with van der Waals surface area (Å²) in [4.78, 5) is 30.2. The quantitative estimate of drug-likeness (QED) is 0.324. The molecule has 1 heterocycles. The number of para-hydroxylation sites is 1. The van der Waals surface area contributed by atoms with Crippen molar-refractivity contribution in [1.29, 1.82) is 0 Å². The number of rotatable bonds is 4. The van der Waals surface area contributed by atoms with E-state index >= 15 is 0 Å². The third-order valence-electron chi connectivity index (χ3n) is 4.65. The summed E-state index contributed by atoms with van der Waals surface area (Å²) in [6.07, 6.45) is 1.45. The number of amides is 1. The molecule has 0 unspecified atom stereocenters. The topological polar surface area (TPSA) is 75.8 Å². The minimum absolute atomic E-state index is 0.0879. The Kier molecular flexibility index (Phi) is 5.16. The molecule has 0 atom stereocenters. The SMILES string of the molecule is Cc1cccc(C2=N/C(=C/c3ccccc3[N+](=O)[O-])C(=O)N2c2ccc(Cl)cc2)c1. The number of amidine groups is 1. The highest BCUT2D eigenvalue weighted by Crippen LogP contribution is 2.30. The monoisotopic (exact) mass is 417 g/mol. The van der Waals surface area contributed by atoms with Gasteiger partial charge < -0.3 is 0 Å². The maximum atomic E-state index is 13.3. The van der Waals surface area contributed by atoms with Crippen LogP contribution >= 0.6 is 11.6 Å². The molecule has 1 aliphatic rings. The summed E-state index contributed by atoms with van der Waals surface area (Å²) in [5, 5.41) is 11.9. The van der Waals surface area contributed by atoms with E-state index in [0.717, 1.165) is 11.1 Å². The van der Waals surface area contributed by atoms with Crippen LogP contribution in [-0.2, 0) is 4.79 Å². The van der Waals surface area contributed by atoms with E-state index in [4.69, 9.17) is 11.6 Å². The second-order valence-electron chi connectivity index (χ2n) is 6.77. The first-order valence-electron chi connectivity index (χ1n) is 9.15. The van der Waals surface area contributed by atoms with E-state index in [9.17, 15) is 14.9 Å². The number of hydrogen-bond donors (Lipinski definition) is 0. The van der Waals surface area contributed by atoms with Gasteiger partial charge in [-0.05, 0) is 49.4 Å². The maximum absolute atomic E-state index is 13.3. The van der Waals surface area contributed by atoms with Crippen LogP contribution in [0.5, 0.6) is 0 Å². The number of aryl methyl sites for hydroxylation is 1. The lowest BCUT2D eigenvalue weighted by Crippen LogP contribution is -2.32. The molecular formula is C23H16ClN3O3. The average Bonchev–Trinajstić information content (AvgIpc) is 3.05. The number of aliphatic imine (C=N–C) groups is 1. The van der Waals surface area contributed by atoms with E-state index in [-0.39, 0.29) is 17.3 Å². The van der Waals surface area contributed by atoms with Crippen LogP contribution in [0.3, 0.4) is 0 Å². The van der Waals surface area contributed by atoms with Gasteiger partial charge in [0.15, 0.2) is 0 Å². The molecule has 4 rings (SSSR count). The molecule has 0 saturated heterocycles. The molecule has 0 fully saturated rings. The first kappa shape index (κ1) is 19.5. The van der Waals surface area contributed by atoms with Gasteiger partial charge in [0.2, 0.25) is 0 Å². The van der Waals surface area contributed by atoms with Gasteiger partial charge in [0.1, 0.15) is 11.5 Å². The van der Waals surface area contributed by atoms with E-state index in [1.165, 1.54) is 17.0 Å². The van der Waals surface area contributed by atoms with Crippen LogP contribution in [-0.4, -0.2) is 16.7 Å². The summed E-state index contributed by atoms with van der Waals surface area (Å²) in [5.41, 5.74) is 2.75. The van der Waals surface area contributed by atoms with E-state index < -0.39 is 4.92 Å². The number of halogens is 1.